The molecule has 1 N–H and O–H groups in total. The van der Waals surface area contributed by atoms with Gasteiger partial charge in [0.2, 0.25) is 5.78 Å². The van der Waals surface area contributed by atoms with E-state index in [4.69, 9.17) is 4.74 Å². The summed E-state index contributed by atoms with van der Waals surface area (Å²) in [5.41, 5.74) is 2.48. The number of carbonyl (C=O) groups is 2. The van der Waals surface area contributed by atoms with Crippen LogP contribution < -0.4 is 10.1 Å². The second-order valence-corrected chi connectivity index (χ2v) is 5.04. The molecule has 3 rings (SSSR count). The van der Waals surface area contributed by atoms with Gasteiger partial charge in [-0.3, -0.25) is 9.59 Å². The number of carbonyl (C=O) groups excluding carboxylic acids is 2. The first-order valence-electron chi connectivity index (χ1n) is 6.95. The molecule has 0 aromatic heterocycles. The molecule has 2 aromatic carbocycles. The molecule has 0 bridgehead atoms. The molecule has 0 atom stereocenters. The van der Waals surface area contributed by atoms with Crippen molar-refractivity contribution in [3.63, 3.8) is 0 Å². The smallest absolute Gasteiger partial charge is 0.209 e. The van der Waals surface area contributed by atoms with Crippen LogP contribution in [0.4, 0.5) is 5.69 Å². The van der Waals surface area contributed by atoms with Gasteiger partial charge in [-0.05, 0) is 35.9 Å². The van der Waals surface area contributed by atoms with E-state index in [1.165, 1.54) is 6.08 Å². The summed E-state index contributed by atoms with van der Waals surface area (Å²) in [7, 11) is 1.57. The number of rotatable bonds is 3. The van der Waals surface area contributed by atoms with Crippen LogP contribution in [0.15, 0.2) is 60.3 Å². The van der Waals surface area contributed by atoms with Crippen LogP contribution in [0, 0.1) is 0 Å². The number of benzene rings is 2. The van der Waals surface area contributed by atoms with Gasteiger partial charge < -0.3 is 10.1 Å². The summed E-state index contributed by atoms with van der Waals surface area (Å²) in [6.07, 6.45) is 1.68. The molecule has 0 amide bonds. The zero-order valence-electron chi connectivity index (χ0n) is 12.1. The first-order chi connectivity index (χ1) is 10.7. The van der Waals surface area contributed by atoms with Gasteiger partial charge in [-0.15, -0.1) is 0 Å². The highest BCUT2D eigenvalue weighted by atomic mass is 16.5. The summed E-state index contributed by atoms with van der Waals surface area (Å²) in [4.78, 5) is 24.6. The molecule has 2 aromatic rings. The van der Waals surface area contributed by atoms with Crippen LogP contribution in [-0.4, -0.2) is 18.7 Å². The molecule has 4 nitrogen and oxygen atoms in total. The number of para-hydroxylation sites is 1. The number of methoxy groups -OCH3 is 1. The maximum atomic E-state index is 12.6. The summed E-state index contributed by atoms with van der Waals surface area (Å²) in [6, 6.07) is 14.3. The predicted octanol–water partition coefficient (Wildman–Crippen LogP) is 3.00. The monoisotopic (exact) mass is 293 g/mol. The predicted molar refractivity (Wildman–Crippen MR) is 84.2 cm³/mol. The Morgan fingerprint density at radius 1 is 1.09 bits per heavy atom. The van der Waals surface area contributed by atoms with E-state index in [0.717, 1.165) is 11.3 Å². The quantitative estimate of drug-likeness (QED) is 0.884. The molecular weight excluding hydrogens is 278 g/mol. The normalized spacial score (nSPS) is 13.5. The Morgan fingerprint density at radius 2 is 1.82 bits per heavy atom. The third kappa shape index (κ3) is 2.76. The number of ether oxygens (including phenoxy) is 1. The van der Waals surface area contributed by atoms with Gasteiger partial charge in [0.25, 0.3) is 0 Å². The van der Waals surface area contributed by atoms with E-state index in [9.17, 15) is 9.59 Å². The lowest BCUT2D eigenvalue weighted by atomic mass is 10.1. The Morgan fingerprint density at radius 3 is 2.55 bits per heavy atom. The second-order valence-electron chi connectivity index (χ2n) is 5.04. The van der Waals surface area contributed by atoms with Crippen molar-refractivity contribution >= 4 is 17.3 Å². The molecule has 4 heteroatoms. The Hall–Kier alpha value is -2.88. The molecule has 0 fully saturated rings. The molecule has 1 aliphatic rings. The molecule has 22 heavy (non-hydrogen) atoms. The molecule has 110 valence electrons. The fraction of sp³-hybridized carbons (Fsp3) is 0.111. The number of fused-ring (bicyclic) bond motifs is 1. The van der Waals surface area contributed by atoms with Crippen LogP contribution in [-0.2, 0) is 11.2 Å². The molecule has 0 unspecified atom stereocenters. The maximum absolute atomic E-state index is 12.6. The lowest BCUT2D eigenvalue weighted by Crippen LogP contribution is -2.12. The summed E-state index contributed by atoms with van der Waals surface area (Å²) in [5.74, 6) is 0.378. The molecule has 1 heterocycles. The number of nitrogens with one attached hydrogen (secondary N) is 1. The second kappa shape index (κ2) is 5.85. The Bertz CT molecular complexity index is 760. The largest absolute Gasteiger partial charge is 0.497 e. The third-order valence-corrected chi connectivity index (χ3v) is 3.55. The highest BCUT2D eigenvalue weighted by Crippen LogP contribution is 2.23. The summed E-state index contributed by atoms with van der Waals surface area (Å²) >= 11 is 0. The highest BCUT2D eigenvalue weighted by Gasteiger charge is 2.19. The van der Waals surface area contributed by atoms with Gasteiger partial charge in [0.15, 0.2) is 5.78 Å². The van der Waals surface area contributed by atoms with E-state index < -0.39 is 0 Å². The summed E-state index contributed by atoms with van der Waals surface area (Å²) in [6.45, 7) is 0. The number of ketones is 2. The van der Waals surface area contributed by atoms with Gasteiger partial charge >= 0.3 is 0 Å². The minimum Gasteiger partial charge on any atom is -0.497 e. The molecule has 0 radical (unpaired) electrons. The average molecular weight is 293 g/mol. The molecule has 0 aliphatic carbocycles. The Labute approximate surface area is 128 Å². The Kier molecular flexibility index (Phi) is 3.74. The highest BCUT2D eigenvalue weighted by molar-refractivity contribution is 6.14. The average Bonchev–Trinajstić information content (AvgIpc) is 2.72. The van der Waals surface area contributed by atoms with E-state index in [1.807, 2.05) is 24.3 Å². The Balaban J connectivity index is 1.92. The zero-order chi connectivity index (χ0) is 15.5. The topological polar surface area (TPSA) is 55.4 Å². The number of Topliss-reactive ketones (excluding diaryl/α,β-unsaturated/α-hetero) is 1. The van der Waals surface area contributed by atoms with Crippen molar-refractivity contribution < 1.29 is 14.3 Å². The number of hydrogen-bond donors (Lipinski definition) is 1. The minimum atomic E-state index is -0.215. The lowest BCUT2D eigenvalue weighted by molar-refractivity contribution is -0.114. The van der Waals surface area contributed by atoms with Gasteiger partial charge in [0.05, 0.1) is 12.8 Å². The van der Waals surface area contributed by atoms with Crippen LogP contribution in [0.2, 0.25) is 0 Å². The van der Waals surface area contributed by atoms with E-state index >= 15 is 0 Å². The summed E-state index contributed by atoms with van der Waals surface area (Å²) < 4.78 is 5.08. The van der Waals surface area contributed by atoms with Crippen molar-refractivity contribution in [2.45, 2.75) is 6.42 Å². The SMILES string of the molecule is COc1ccc(C(=O)C2=CC(=O)Cc3ccccc3N2)cc1. The summed E-state index contributed by atoms with van der Waals surface area (Å²) in [5, 5.41) is 3.08. The zero-order valence-corrected chi connectivity index (χ0v) is 12.1. The maximum Gasteiger partial charge on any atom is 0.209 e. The van der Waals surface area contributed by atoms with E-state index in [-0.39, 0.29) is 11.6 Å². The molecular formula is C18H15NO3. The van der Waals surface area contributed by atoms with Crippen molar-refractivity contribution in [1.82, 2.24) is 0 Å². The van der Waals surface area contributed by atoms with Crippen LogP contribution >= 0.6 is 0 Å². The lowest BCUT2D eigenvalue weighted by Gasteiger charge is -2.10. The standard InChI is InChI=1S/C18H15NO3/c1-22-15-8-6-12(7-9-15)18(21)17-11-14(20)10-13-4-2-3-5-16(13)19-17/h2-9,11,19H,10H2,1H3. The first-order valence-corrected chi connectivity index (χ1v) is 6.95. The third-order valence-electron chi connectivity index (χ3n) is 3.55. The van der Waals surface area contributed by atoms with Crippen molar-refractivity contribution in [3.8, 4) is 5.75 Å². The van der Waals surface area contributed by atoms with E-state index in [1.54, 1.807) is 31.4 Å². The van der Waals surface area contributed by atoms with Crippen LogP contribution in [0.25, 0.3) is 0 Å². The van der Waals surface area contributed by atoms with Gasteiger partial charge in [0, 0.05) is 23.7 Å². The fourth-order valence-electron chi connectivity index (χ4n) is 2.40. The molecule has 0 spiro atoms. The number of allylic oxidation sites excluding steroid dienone is 2. The minimum absolute atomic E-state index is 0.0886. The molecule has 1 aliphatic heterocycles. The van der Waals surface area contributed by atoms with Crippen molar-refractivity contribution in [2.24, 2.45) is 0 Å². The van der Waals surface area contributed by atoms with Gasteiger partial charge in [-0.1, -0.05) is 18.2 Å². The van der Waals surface area contributed by atoms with Gasteiger partial charge in [0.1, 0.15) is 5.75 Å². The van der Waals surface area contributed by atoms with Crippen LogP contribution in [0.1, 0.15) is 15.9 Å². The van der Waals surface area contributed by atoms with Crippen molar-refractivity contribution in [1.29, 1.82) is 0 Å². The fourth-order valence-corrected chi connectivity index (χ4v) is 2.40. The molecule has 0 saturated carbocycles. The van der Waals surface area contributed by atoms with Crippen molar-refractivity contribution in [2.75, 3.05) is 12.4 Å². The van der Waals surface area contributed by atoms with Gasteiger partial charge in [-0.2, -0.15) is 0 Å². The van der Waals surface area contributed by atoms with Crippen molar-refractivity contribution in [3.05, 3.63) is 71.4 Å². The van der Waals surface area contributed by atoms with Crippen LogP contribution in [0.5, 0.6) is 5.75 Å². The van der Waals surface area contributed by atoms with E-state index in [2.05, 4.69) is 5.32 Å². The van der Waals surface area contributed by atoms with E-state index in [0.29, 0.717) is 23.4 Å². The molecule has 0 saturated heterocycles. The first kappa shape index (κ1) is 14.1. The number of hydrogen-bond acceptors (Lipinski definition) is 4. The van der Waals surface area contributed by atoms with Gasteiger partial charge in [-0.25, -0.2) is 0 Å². The number of anilines is 1. The van der Waals surface area contributed by atoms with Crippen LogP contribution in [0.3, 0.4) is 0 Å².